The number of nitrogens with zero attached hydrogens (tertiary/aromatic N) is 1. The zero-order valence-corrected chi connectivity index (χ0v) is 15.3. The van der Waals surface area contributed by atoms with Crippen LogP contribution in [0.15, 0.2) is 39.0 Å². The molecule has 5 nitrogen and oxygen atoms in total. The monoisotopic (exact) mass is 392 g/mol. The van der Waals surface area contributed by atoms with Gasteiger partial charge < -0.3 is 4.74 Å². The number of hydrogen-bond acceptors (Lipinski definition) is 5. The molecule has 1 N–H and O–H groups in total. The van der Waals surface area contributed by atoms with Crippen LogP contribution in [0.25, 0.3) is 0 Å². The average Bonchev–Trinajstić information content (AvgIpc) is 3.01. The Bertz CT molecular complexity index is 767. The van der Waals surface area contributed by atoms with Gasteiger partial charge >= 0.3 is 0 Å². The molecule has 124 valence electrons. The fraction of sp³-hybridized carbons (Fsp3) is 0.214. The lowest BCUT2D eigenvalue weighted by atomic mass is 10.2. The van der Waals surface area contributed by atoms with Crippen molar-refractivity contribution < 1.29 is 13.2 Å². The van der Waals surface area contributed by atoms with Gasteiger partial charge in [-0.3, -0.25) is 0 Å². The van der Waals surface area contributed by atoms with Crippen LogP contribution in [0.1, 0.15) is 18.9 Å². The van der Waals surface area contributed by atoms with Gasteiger partial charge in [-0.2, -0.15) is 18.4 Å². The molecule has 1 aromatic heterocycles. The highest BCUT2D eigenvalue weighted by atomic mass is 35.5. The second kappa shape index (κ2) is 8.01. The van der Waals surface area contributed by atoms with Crippen molar-refractivity contribution in [2.24, 2.45) is 5.10 Å². The first-order chi connectivity index (χ1) is 10.9. The molecule has 2 aromatic rings. The van der Waals surface area contributed by atoms with E-state index in [4.69, 9.17) is 27.9 Å². The summed E-state index contributed by atoms with van der Waals surface area (Å²) in [6.07, 6.45) is 2.16. The van der Waals surface area contributed by atoms with Crippen LogP contribution >= 0.6 is 34.5 Å². The van der Waals surface area contributed by atoms with Crippen LogP contribution in [0, 0.1) is 0 Å². The molecule has 0 spiro atoms. The normalized spacial score (nSPS) is 11.8. The molecule has 2 rings (SSSR count). The Labute approximate surface area is 148 Å². The van der Waals surface area contributed by atoms with Crippen molar-refractivity contribution in [3.8, 4) is 5.75 Å². The lowest BCUT2D eigenvalue weighted by molar-refractivity contribution is 0.318. The van der Waals surface area contributed by atoms with Gasteiger partial charge in [-0.25, -0.2) is 0 Å². The minimum Gasteiger partial charge on any atom is -0.490 e. The summed E-state index contributed by atoms with van der Waals surface area (Å²) in [5.41, 5.74) is 0.553. The topological polar surface area (TPSA) is 67.8 Å². The van der Waals surface area contributed by atoms with E-state index in [1.165, 1.54) is 12.3 Å². The summed E-state index contributed by atoms with van der Waals surface area (Å²) in [5.74, 6) is 0.409. The number of halogens is 2. The maximum absolute atomic E-state index is 11.9. The van der Waals surface area contributed by atoms with Crippen LogP contribution in [0.2, 0.25) is 10.0 Å². The van der Waals surface area contributed by atoms with Gasteiger partial charge in [-0.05, 0) is 35.6 Å². The third-order valence-electron chi connectivity index (χ3n) is 2.62. The van der Waals surface area contributed by atoms with Crippen LogP contribution in [0.3, 0.4) is 0 Å². The number of hydrogen-bond donors (Lipinski definition) is 1. The predicted molar refractivity (Wildman–Crippen MR) is 94.5 cm³/mol. The number of thiophene rings is 1. The SMILES string of the molecule is CCCOc1c(Cl)cc(/C=N/NS(=O)(=O)c2cccs2)cc1Cl. The Balaban J connectivity index is 2.11. The summed E-state index contributed by atoms with van der Waals surface area (Å²) >= 11 is 13.3. The van der Waals surface area contributed by atoms with E-state index in [0.717, 1.165) is 17.8 Å². The second-order valence-electron chi connectivity index (χ2n) is 4.45. The van der Waals surface area contributed by atoms with Crippen molar-refractivity contribution in [1.82, 2.24) is 4.83 Å². The molecule has 0 atom stereocenters. The zero-order chi connectivity index (χ0) is 16.9. The molecule has 0 fully saturated rings. The average molecular weight is 393 g/mol. The van der Waals surface area contributed by atoms with Gasteiger partial charge in [0.15, 0.2) is 5.75 Å². The largest absolute Gasteiger partial charge is 0.490 e. The molecule has 0 saturated heterocycles. The highest BCUT2D eigenvalue weighted by Crippen LogP contribution is 2.33. The molecule has 0 unspecified atom stereocenters. The molecular formula is C14H14Cl2N2O3S2. The van der Waals surface area contributed by atoms with E-state index < -0.39 is 10.0 Å². The molecule has 0 aliphatic carbocycles. The van der Waals surface area contributed by atoms with E-state index in [1.54, 1.807) is 23.6 Å². The number of benzene rings is 1. The molecule has 0 aliphatic heterocycles. The Kier molecular flexibility index (Phi) is 6.29. The number of hydrazone groups is 1. The maximum atomic E-state index is 11.9. The van der Waals surface area contributed by atoms with Gasteiger partial charge in [0.2, 0.25) is 0 Å². The summed E-state index contributed by atoms with van der Waals surface area (Å²) in [4.78, 5) is 2.13. The molecule has 0 aliphatic rings. The standard InChI is InChI=1S/C14H14Cl2N2O3S2/c1-2-5-21-14-11(15)7-10(8-12(14)16)9-17-18-23(19,20)13-4-3-6-22-13/h3-4,6-9,18H,2,5H2,1H3/b17-9+. The van der Waals surface area contributed by atoms with Crippen LogP contribution in [-0.2, 0) is 10.0 Å². The number of nitrogens with one attached hydrogen (secondary N) is 1. The van der Waals surface area contributed by atoms with Crippen LogP contribution in [0.4, 0.5) is 0 Å². The minimum atomic E-state index is -3.65. The number of sulfonamides is 1. The summed E-state index contributed by atoms with van der Waals surface area (Å²) in [7, 11) is -3.65. The van der Waals surface area contributed by atoms with Crippen molar-refractivity contribution in [3.63, 3.8) is 0 Å². The smallest absolute Gasteiger partial charge is 0.286 e. The van der Waals surface area contributed by atoms with E-state index in [2.05, 4.69) is 9.93 Å². The van der Waals surface area contributed by atoms with E-state index in [9.17, 15) is 8.42 Å². The molecule has 0 saturated carbocycles. The van der Waals surface area contributed by atoms with Crippen molar-refractivity contribution in [3.05, 3.63) is 45.3 Å². The summed E-state index contributed by atoms with van der Waals surface area (Å²) in [5, 5.41) is 6.08. The van der Waals surface area contributed by atoms with Gasteiger partial charge in [0.25, 0.3) is 10.0 Å². The number of rotatable bonds is 7. The van der Waals surface area contributed by atoms with Crippen LogP contribution < -0.4 is 9.57 Å². The molecule has 23 heavy (non-hydrogen) atoms. The van der Waals surface area contributed by atoms with Crippen LogP contribution in [-0.4, -0.2) is 21.2 Å². The molecule has 0 bridgehead atoms. The Morgan fingerprint density at radius 3 is 2.61 bits per heavy atom. The predicted octanol–water partition coefficient (Wildman–Crippen LogP) is 4.16. The lowest BCUT2D eigenvalue weighted by Gasteiger charge is -2.09. The van der Waals surface area contributed by atoms with Crippen molar-refractivity contribution in [2.75, 3.05) is 6.61 Å². The van der Waals surface area contributed by atoms with E-state index in [0.29, 0.717) is 28.0 Å². The molecular weight excluding hydrogens is 379 g/mol. The van der Waals surface area contributed by atoms with E-state index in [-0.39, 0.29) is 4.21 Å². The molecule has 0 radical (unpaired) electrons. The van der Waals surface area contributed by atoms with Gasteiger partial charge in [0, 0.05) is 0 Å². The highest BCUT2D eigenvalue weighted by Gasteiger charge is 2.13. The van der Waals surface area contributed by atoms with Gasteiger partial charge in [-0.15, -0.1) is 11.3 Å². The quantitative estimate of drug-likeness (QED) is 0.568. The van der Waals surface area contributed by atoms with Gasteiger partial charge in [0.1, 0.15) is 4.21 Å². The molecule has 1 aromatic carbocycles. The molecule has 1 heterocycles. The van der Waals surface area contributed by atoms with E-state index >= 15 is 0 Å². The lowest BCUT2D eigenvalue weighted by Crippen LogP contribution is -2.17. The van der Waals surface area contributed by atoms with Crippen molar-refractivity contribution in [2.45, 2.75) is 17.6 Å². The second-order valence-corrected chi connectivity index (χ2v) is 8.10. The van der Waals surface area contributed by atoms with Gasteiger partial charge in [0.05, 0.1) is 22.9 Å². The third kappa shape index (κ3) is 4.84. The van der Waals surface area contributed by atoms with Gasteiger partial charge in [-0.1, -0.05) is 36.2 Å². The van der Waals surface area contributed by atoms with Crippen molar-refractivity contribution in [1.29, 1.82) is 0 Å². The Hall–Kier alpha value is -1.28. The van der Waals surface area contributed by atoms with Crippen LogP contribution in [0.5, 0.6) is 5.75 Å². The fourth-order valence-corrected chi connectivity index (χ4v) is 4.01. The zero-order valence-electron chi connectivity index (χ0n) is 12.1. The highest BCUT2D eigenvalue weighted by molar-refractivity contribution is 7.91. The molecule has 9 heteroatoms. The Morgan fingerprint density at radius 1 is 1.35 bits per heavy atom. The first-order valence-electron chi connectivity index (χ1n) is 6.64. The molecule has 0 amide bonds. The van der Waals surface area contributed by atoms with E-state index in [1.807, 2.05) is 6.92 Å². The fourth-order valence-electron chi connectivity index (χ4n) is 1.63. The summed E-state index contributed by atoms with van der Waals surface area (Å²) < 4.78 is 29.5. The number of ether oxygens (including phenoxy) is 1. The third-order valence-corrected chi connectivity index (χ3v) is 5.80. The first kappa shape index (κ1) is 18.1. The maximum Gasteiger partial charge on any atom is 0.286 e. The van der Waals surface area contributed by atoms with Crippen molar-refractivity contribution >= 4 is 50.8 Å². The summed E-state index contributed by atoms with van der Waals surface area (Å²) in [6, 6.07) is 6.34. The minimum absolute atomic E-state index is 0.189. The first-order valence-corrected chi connectivity index (χ1v) is 9.76. The Morgan fingerprint density at radius 2 is 2.04 bits per heavy atom. The summed E-state index contributed by atoms with van der Waals surface area (Å²) in [6.45, 7) is 2.48.